The van der Waals surface area contributed by atoms with Gasteiger partial charge in [-0.1, -0.05) is 0 Å². The summed E-state index contributed by atoms with van der Waals surface area (Å²) in [7, 11) is 0. The fourth-order valence-electron chi connectivity index (χ4n) is 2.83. The van der Waals surface area contributed by atoms with Crippen molar-refractivity contribution in [1.29, 1.82) is 0 Å². The number of amides is 1. The molecule has 2 N–H and O–H groups in total. The highest BCUT2D eigenvalue weighted by atomic mass is 16.5. The van der Waals surface area contributed by atoms with Crippen LogP contribution in [0.2, 0.25) is 0 Å². The number of carboxylic acid groups (broad SMARTS) is 1. The minimum atomic E-state index is -0.978. The van der Waals surface area contributed by atoms with Gasteiger partial charge in [0, 0.05) is 30.0 Å². The number of rotatable bonds is 4. The maximum Gasteiger partial charge on any atom is 0.335 e. The number of nitrogens with one attached hydrogen (secondary N) is 1. The summed E-state index contributed by atoms with van der Waals surface area (Å²) in [5, 5.41) is 11.8. The highest BCUT2D eigenvalue weighted by molar-refractivity contribution is 6.04. The van der Waals surface area contributed by atoms with Crippen molar-refractivity contribution in [3.05, 3.63) is 59.2 Å². The van der Waals surface area contributed by atoms with Gasteiger partial charge in [-0.15, -0.1) is 0 Å². The molecule has 6 nitrogen and oxygen atoms in total. The first-order valence-corrected chi connectivity index (χ1v) is 8.12. The van der Waals surface area contributed by atoms with Crippen LogP contribution in [0.4, 0.5) is 11.4 Å². The topological polar surface area (TPSA) is 78.9 Å². The van der Waals surface area contributed by atoms with E-state index < -0.39 is 5.97 Å². The number of carboxylic acids is 1. The maximum atomic E-state index is 12.4. The standard InChI is InChI=1S/C19H20N2O4/c1-13-12-15(4-7-17(13)19(23)24)20-18(22)14-2-5-16(6-3-14)21-8-10-25-11-9-21/h2-7,12H,8-11H2,1H3,(H,20,22)(H,23,24). The normalized spacial score (nSPS) is 14.2. The van der Waals surface area contributed by atoms with E-state index in [0.29, 0.717) is 30.0 Å². The Morgan fingerprint density at radius 2 is 1.76 bits per heavy atom. The molecular formula is C19H20N2O4. The van der Waals surface area contributed by atoms with E-state index in [4.69, 9.17) is 9.84 Å². The molecule has 2 aromatic rings. The second-order valence-electron chi connectivity index (χ2n) is 5.94. The van der Waals surface area contributed by atoms with Gasteiger partial charge in [-0.05, 0) is 55.0 Å². The minimum Gasteiger partial charge on any atom is -0.478 e. The number of aromatic carboxylic acids is 1. The largest absolute Gasteiger partial charge is 0.478 e. The molecule has 0 aliphatic carbocycles. The summed E-state index contributed by atoms with van der Waals surface area (Å²) < 4.78 is 5.34. The van der Waals surface area contributed by atoms with E-state index in [1.54, 1.807) is 31.2 Å². The van der Waals surface area contributed by atoms with Crippen LogP contribution in [0.1, 0.15) is 26.3 Å². The molecule has 1 saturated heterocycles. The number of benzene rings is 2. The zero-order chi connectivity index (χ0) is 17.8. The molecule has 0 bridgehead atoms. The molecule has 1 amide bonds. The number of carbonyl (C=O) groups is 2. The first-order chi connectivity index (χ1) is 12.0. The number of ether oxygens (including phenoxy) is 1. The van der Waals surface area contributed by atoms with Crippen LogP contribution in [-0.4, -0.2) is 43.3 Å². The smallest absolute Gasteiger partial charge is 0.335 e. The molecule has 0 spiro atoms. The molecular weight excluding hydrogens is 320 g/mol. The number of hydrogen-bond donors (Lipinski definition) is 2. The van der Waals surface area contributed by atoms with Crippen LogP contribution in [0.15, 0.2) is 42.5 Å². The Bertz CT molecular complexity index is 781. The van der Waals surface area contributed by atoms with Gasteiger partial charge in [0.2, 0.25) is 0 Å². The summed E-state index contributed by atoms with van der Waals surface area (Å²) in [4.78, 5) is 25.6. The lowest BCUT2D eigenvalue weighted by Crippen LogP contribution is -2.36. The molecule has 3 rings (SSSR count). The van der Waals surface area contributed by atoms with Crippen LogP contribution in [0.5, 0.6) is 0 Å². The Kier molecular flexibility index (Phi) is 5.00. The summed E-state index contributed by atoms with van der Waals surface area (Å²) in [6, 6.07) is 12.2. The molecule has 6 heteroatoms. The van der Waals surface area contributed by atoms with E-state index in [1.807, 2.05) is 12.1 Å². The Morgan fingerprint density at radius 1 is 1.08 bits per heavy atom. The molecule has 0 radical (unpaired) electrons. The molecule has 1 heterocycles. The van der Waals surface area contributed by atoms with Gasteiger partial charge in [-0.25, -0.2) is 4.79 Å². The first-order valence-electron chi connectivity index (χ1n) is 8.12. The number of anilines is 2. The van der Waals surface area contributed by atoms with Crippen molar-refractivity contribution in [1.82, 2.24) is 0 Å². The zero-order valence-corrected chi connectivity index (χ0v) is 14.0. The summed E-state index contributed by atoms with van der Waals surface area (Å²) >= 11 is 0. The van der Waals surface area contributed by atoms with Crippen molar-refractivity contribution in [3.63, 3.8) is 0 Å². The van der Waals surface area contributed by atoms with E-state index in [-0.39, 0.29) is 11.5 Å². The molecule has 0 atom stereocenters. The third-order valence-corrected chi connectivity index (χ3v) is 4.22. The van der Waals surface area contributed by atoms with E-state index in [1.165, 1.54) is 6.07 Å². The van der Waals surface area contributed by atoms with Gasteiger partial charge < -0.3 is 20.1 Å². The monoisotopic (exact) mass is 340 g/mol. The lowest BCUT2D eigenvalue weighted by Gasteiger charge is -2.28. The van der Waals surface area contributed by atoms with Crippen LogP contribution in [-0.2, 0) is 4.74 Å². The van der Waals surface area contributed by atoms with Crippen LogP contribution < -0.4 is 10.2 Å². The Balaban J connectivity index is 1.68. The Labute approximate surface area is 146 Å². The van der Waals surface area contributed by atoms with Crippen molar-refractivity contribution in [2.75, 3.05) is 36.5 Å². The van der Waals surface area contributed by atoms with Crippen LogP contribution in [0.3, 0.4) is 0 Å². The van der Waals surface area contributed by atoms with Crippen molar-refractivity contribution in [2.24, 2.45) is 0 Å². The number of carbonyl (C=O) groups excluding carboxylic acids is 1. The van der Waals surface area contributed by atoms with Gasteiger partial charge in [-0.3, -0.25) is 4.79 Å². The van der Waals surface area contributed by atoms with Crippen molar-refractivity contribution < 1.29 is 19.4 Å². The average Bonchev–Trinajstić information content (AvgIpc) is 2.62. The van der Waals surface area contributed by atoms with E-state index >= 15 is 0 Å². The molecule has 1 aliphatic rings. The molecule has 1 aliphatic heterocycles. The molecule has 0 saturated carbocycles. The summed E-state index contributed by atoms with van der Waals surface area (Å²) in [6.07, 6.45) is 0. The van der Waals surface area contributed by atoms with Crippen molar-refractivity contribution in [2.45, 2.75) is 6.92 Å². The molecule has 0 aromatic heterocycles. The molecule has 130 valence electrons. The molecule has 25 heavy (non-hydrogen) atoms. The van der Waals surface area contributed by atoms with E-state index in [2.05, 4.69) is 10.2 Å². The highest BCUT2D eigenvalue weighted by Gasteiger charge is 2.13. The Morgan fingerprint density at radius 3 is 2.36 bits per heavy atom. The zero-order valence-electron chi connectivity index (χ0n) is 14.0. The summed E-state index contributed by atoms with van der Waals surface area (Å²) in [6.45, 7) is 4.83. The number of nitrogens with zero attached hydrogens (tertiary/aromatic N) is 1. The number of hydrogen-bond acceptors (Lipinski definition) is 4. The predicted octanol–water partition coefficient (Wildman–Crippen LogP) is 2.78. The predicted molar refractivity (Wildman–Crippen MR) is 95.6 cm³/mol. The fraction of sp³-hybridized carbons (Fsp3) is 0.263. The van der Waals surface area contributed by atoms with Crippen LogP contribution >= 0.6 is 0 Å². The first kappa shape index (κ1) is 17.0. The summed E-state index contributed by atoms with van der Waals surface area (Å²) in [5.74, 6) is -1.20. The number of aryl methyl sites for hydroxylation is 1. The second-order valence-corrected chi connectivity index (χ2v) is 5.94. The highest BCUT2D eigenvalue weighted by Crippen LogP contribution is 2.19. The van der Waals surface area contributed by atoms with Gasteiger partial charge in [0.25, 0.3) is 5.91 Å². The van der Waals surface area contributed by atoms with Crippen molar-refractivity contribution in [3.8, 4) is 0 Å². The molecule has 0 unspecified atom stereocenters. The molecule has 1 fully saturated rings. The van der Waals surface area contributed by atoms with Gasteiger partial charge in [0.15, 0.2) is 0 Å². The minimum absolute atomic E-state index is 0.226. The van der Waals surface area contributed by atoms with Gasteiger partial charge in [0.1, 0.15) is 0 Å². The average molecular weight is 340 g/mol. The number of morpholine rings is 1. The fourth-order valence-corrected chi connectivity index (χ4v) is 2.83. The third-order valence-electron chi connectivity index (χ3n) is 4.22. The second kappa shape index (κ2) is 7.36. The maximum absolute atomic E-state index is 12.4. The molecule has 2 aromatic carbocycles. The lowest BCUT2D eigenvalue weighted by molar-refractivity contribution is 0.0696. The SMILES string of the molecule is Cc1cc(NC(=O)c2ccc(N3CCOCC3)cc2)ccc1C(=O)O. The van der Waals surface area contributed by atoms with Crippen LogP contribution in [0.25, 0.3) is 0 Å². The van der Waals surface area contributed by atoms with Crippen LogP contribution in [0, 0.1) is 6.92 Å². The summed E-state index contributed by atoms with van der Waals surface area (Å²) in [5.41, 5.74) is 3.03. The van der Waals surface area contributed by atoms with E-state index in [9.17, 15) is 9.59 Å². The van der Waals surface area contributed by atoms with Gasteiger partial charge in [0.05, 0.1) is 18.8 Å². The van der Waals surface area contributed by atoms with E-state index in [0.717, 1.165) is 18.8 Å². The van der Waals surface area contributed by atoms with Gasteiger partial charge in [-0.2, -0.15) is 0 Å². The van der Waals surface area contributed by atoms with Crippen molar-refractivity contribution >= 4 is 23.3 Å². The lowest BCUT2D eigenvalue weighted by atomic mass is 10.1. The third kappa shape index (κ3) is 3.97. The quantitative estimate of drug-likeness (QED) is 0.895. The Hall–Kier alpha value is -2.86. The van der Waals surface area contributed by atoms with Gasteiger partial charge >= 0.3 is 5.97 Å².